The van der Waals surface area contributed by atoms with Gasteiger partial charge in [0.05, 0.1) is 18.5 Å². The molecule has 0 atom stereocenters. The first-order chi connectivity index (χ1) is 7.22. The van der Waals surface area contributed by atoms with Gasteiger partial charge >= 0.3 is 0 Å². The third kappa shape index (κ3) is 2.54. The highest BCUT2D eigenvalue weighted by Gasteiger charge is 2.03. The summed E-state index contributed by atoms with van der Waals surface area (Å²) in [6.07, 6.45) is 1.31. The van der Waals surface area contributed by atoms with Crippen molar-refractivity contribution in [3.63, 3.8) is 0 Å². The van der Waals surface area contributed by atoms with Crippen molar-refractivity contribution in [1.82, 2.24) is 5.48 Å². The number of nitrogens with one attached hydrogen (secondary N) is 2. The van der Waals surface area contributed by atoms with Gasteiger partial charge in [-0.1, -0.05) is 0 Å². The molecule has 0 spiro atoms. The summed E-state index contributed by atoms with van der Waals surface area (Å²) in [6.45, 7) is 0. The first-order valence-electron chi connectivity index (χ1n) is 4.44. The third-order valence-electron chi connectivity index (χ3n) is 2.02. The van der Waals surface area contributed by atoms with Crippen molar-refractivity contribution in [2.75, 3.05) is 19.5 Å². The number of benzene rings is 1. The smallest absolute Gasteiger partial charge is 0.141 e. The van der Waals surface area contributed by atoms with E-state index in [9.17, 15) is 0 Å². The molecule has 5 heteroatoms. The van der Waals surface area contributed by atoms with Gasteiger partial charge in [0.15, 0.2) is 0 Å². The molecule has 0 aliphatic rings. The number of nitrogens with two attached hydrogens (primary N) is 1. The lowest BCUT2D eigenvalue weighted by atomic mass is 10.1. The summed E-state index contributed by atoms with van der Waals surface area (Å²) in [4.78, 5) is 0. The molecule has 0 amide bonds. The number of methoxy groups -OCH3 is 1. The quantitative estimate of drug-likeness (QED) is 0.556. The van der Waals surface area contributed by atoms with Gasteiger partial charge < -0.3 is 15.8 Å². The fourth-order valence-corrected chi connectivity index (χ4v) is 1.24. The van der Waals surface area contributed by atoms with Gasteiger partial charge in [0.2, 0.25) is 0 Å². The zero-order chi connectivity index (χ0) is 11.3. The van der Waals surface area contributed by atoms with Crippen LogP contribution in [0.1, 0.15) is 5.56 Å². The van der Waals surface area contributed by atoms with Crippen molar-refractivity contribution >= 4 is 11.4 Å². The van der Waals surface area contributed by atoms with Crippen LogP contribution in [-0.2, 0) is 0 Å². The summed E-state index contributed by atoms with van der Waals surface area (Å²) in [6, 6.07) is 5.45. The summed E-state index contributed by atoms with van der Waals surface area (Å²) in [5.41, 5.74) is 9.66. The predicted octanol–water partition coefficient (Wildman–Crippen LogP) is 0.973. The lowest BCUT2D eigenvalue weighted by Gasteiger charge is -2.10. The largest absolute Gasteiger partial charge is 0.495 e. The summed E-state index contributed by atoms with van der Waals surface area (Å²) in [5, 5.41) is 11.5. The van der Waals surface area contributed by atoms with Crippen LogP contribution in [0.25, 0.3) is 5.70 Å². The molecule has 5 nitrogen and oxygen atoms in total. The SMILES string of the molecule is CNc1cc(/C(N)=C\NO)ccc1OC. The maximum atomic E-state index is 8.48. The summed E-state index contributed by atoms with van der Waals surface area (Å²) in [7, 11) is 3.40. The Balaban J connectivity index is 3.08. The number of anilines is 1. The molecule has 0 aliphatic heterocycles. The maximum absolute atomic E-state index is 8.48. The van der Waals surface area contributed by atoms with Crippen LogP contribution in [0, 0.1) is 0 Å². The Morgan fingerprint density at radius 2 is 2.27 bits per heavy atom. The highest BCUT2D eigenvalue weighted by Crippen LogP contribution is 2.26. The van der Waals surface area contributed by atoms with Gasteiger partial charge in [0, 0.05) is 18.8 Å². The molecular formula is C10H15N3O2. The van der Waals surface area contributed by atoms with Crippen molar-refractivity contribution in [2.45, 2.75) is 0 Å². The van der Waals surface area contributed by atoms with E-state index in [-0.39, 0.29) is 0 Å². The number of rotatable bonds is 4. The summed E-state index contributed by atoms with van der Waals surface area (Å²) in [5.74, 6) is 0.742. The normalized spacial score (nSPS) is 11.0. The van der Waals surface area contributed by atoms with Gasteiger partial charge in [-0.3, -0.25) is 10.7 Å². The summed E-state index contributed by atoms with van der Waals surface area (Å²) < 4.78 is 5.14. The highest BCUT2D eigenvalue weighted by molar-refractivity contribution is 5.69. The fourth-order valence-electron chi connectivity index (χ4n) is 1.24. The van der Waals surface area contributed by atoms with E-state index in [1.165, 1.54) is 6.20 Å². The van der Waals surface area contributed by atoms with Crippen LogP contribution in [0.5, 0.6) is 5.75 Å². The van der Waals surface area contributed by atoms with Crippen LogP contribution >= 0.6 is 0 Å². The molecule has 0 aliphatic carbocycles. The third-order valence-corrected chi connectivity index (χ3v) is 2.02. The molecule has 1 aromatic rings. The van der Waals surface area contributed by atoms with Gasteiger partial charge in [-0.2, -0.15) is 0 Å². The van der Waals surface area contributed by atoms with Crippen molar-refractivity contribution in [2.24, 2.45) is 5.73 Å². The Hall–Kier alpha value is -1.88. The highest BCUT2D eigenvalue weighted by atomic mass is 16.5. The molecular weight excluding hydrogens is 194 g/mol. The van der Waals surface area contributed by atoms with Crippen LogP contribution in [-0.4, -0.2) is 19.4 Å². The predicted molar refractivity (Wildman–Crippen MR) is 59.6 cm³/mol. The molecule has 0 bridgehead atoms. The Morgan fingerprint density at radius 1 is 1.53 bits per heavy atom. The second-order valence-corrected chi connectivity index (χ2v) is 2.89. The molecule has 0 fully saturated rings. The van der Waals surface area contributed by atoms with Crippen molar-refractivity contribution in [1.29, 1.82) is 0 Å². The molecule has 82 valence electrons. The zero-order valence-corrected chi connectivity index (χ0v) is 8.74. The maximum Gasteiger partial charge on any atom is 0.141 e. The number of hydroxylamine groups is 1. The van der Waals surface area contributed by atoms with E-state index in [4.69, 9.17) is 15.7 Å². The second kappa shape index (κ2) is 5.11. The molecule has 0 saturated carbocycles. The Labute approximate surface area is 88.5 Å². The van der Waals surface area contributed by atoms with E-state index in [1.807, 2.05) is 17.6 Å². The minimum Gasteiger partial charge on any atom is -0.495 e. The topological polar surface area (TPSA) is 79.5 Å². The molecule has 0 saturated heterocycles. The van der Waals surface area contributed by atoms with Crippen LogP contribution in [0.15, 0.2) is 24.4 Å². The van der Waals surface area contributed by atoms with E-state index in [2.05, 4.69) is 5.32 Å². The Morgan fingerprint density at radius 3 is 2.80 bits per heavy atom. The van der Waals surface area contributed by atoms with Crippen LogP contribution in [0.2, 0.25) is 0 Å². The Kier molecular flexibility index (Phi) is 3.82. The van der Waals surface area contributed by atoms with Crippen molar-refractivity contribution in [3.8, 4) is 5.75 Å². The molecule has 1 aromatic carbocycles. The van der Waals surface area contributed by atoms with E-state index < -0.39 is 0 Å². The van der Waals surface area contributed by atoms with E-state index in [0.29, 0.717) is 5.70 Å². The number of hydrogen-bond acceptors (Lipinski definition) is 5. The minimum atomic E-state index is 0.441. The average Bonchev–Trinajstić information content (AvgIpc) is 2.28. The molecule has 0 heterocycles. The standard InChI is InChI=1S/C10H15N3O2/c1-12-9-5-7(8(11)6-13-14)3-4-10(9)15-2/h3-6,12-14H,11H2,1-2H3/b8-6+. The fraction of sp³-hybridized carbons (Fsp3) is 0.200. The van der Waals surface area contributed by atoms with Gasteiger partial charge in [-0.25, -0.2) is 0 Å². The summed E-state index contributed by atoms with van der Waals surface area (Å²) >= 11 is 0. The number of hydrogen-bond donors (Lipinski definition) is 4. The number of ether oxygens (including phenoxy) is 1. The van der Waals surface area contributed by atoms with Crippen LogP contribution in [0.3, 0.4) is 0 Å². The lowest BCUT2D eigenvalue weighted by Crippen LogP contribution is -2.04. The van der Waals surface area contributed by atoms with E-state index in [1.54, 1.807) is 20.2 Å². The van der Waals surface area contributed by atoms with Gasteiger partial charge in [-0.15, -0.1) is 0 Å². The first-order valence-corrected chi connectivity index (χ1v) is 4.44. The van der Waals surface area contributed by atoms with Crippen LogP contribution < -0.4 is 21.3 Å². The van der Waals surface area contributed by atoms with Crippen molar-refractivity contribution < 1.29 is 9.94 Å². The monoisotopic (exact) mass is 209 g/mol. The lowest BCUT2D eigenvalue weighted by molar-refractivity contribution is 0.215. The molecule has 5 N–H and O–H groups in total. The molecule has 0 radical (unpaired) electrons. The average molecular weight is 209 g/mol. The van der Waals surface area contributed by atoms with E-state index >= 15 is 0 Å². The molecule has 1 rings (SSSR count). The molecule has 0 aromatic heterocycles. The Bertz CT molecular complexity index is 364. The van der Waals surface area contributed by atoms with Gasteiger partial charge in [-0.05, 0) is 18.2 Å². The van der Waals surface area contributed by atoms with E-state index in [0.717, 1.165) is 17.0 Å². The van der Waals surface area contributed by atoms with Crippen molar-refractivity contribution in [3.05, 3.63) is 30.0 Å². The second-order valence-electron chi connectivity index (χ2n) is 2.89. The first kappa shape index (κ1) is 11.2. The molecule has 15 heavy (non-hydrogen) atoms. The minimum absolute atomic E-state index is 0.441. The molecule has 0 unspecified atom stereocenters. The van der Waals surface area contributed by atoms with Crippen LogP contribution in [0.4, 0.5) is 5.69 Å². The van der Waals surface area contributed by atoms with Gasteiger partial charge in [0.25, 0.3) is 0 Å². The zero-order valence-electron chi connectivity index (χ0n) is 8.74. The van der Waals surface area contributed by atoms with Gasteiger partial charge in [0.1, 0.15) is 5.75 Å².